The van der Waals surface area contributed by atoms with Crippen LogP contribution in [0.25, 0.3) is 0 Å². The van der Waals surface area contributed by atoms with E-state index in [9.17, 15) is 4.79 Å². The maximum atomic E-state index is 12.0. The van der Waals surface area contributed by atoms with E-state index in [2.05, 4.69) is 4.98 Å². The van der Waals surface area contributed by atoms with Crippen LogP contribution < -0.4 is 5.73 Å². The van der Waals surface area contributed by atoms with Crippen molar-refractivity contribution in [1.82, 2.24) is 9.88 Å². The monoisotopic (exact) mass is 233 g/mol. The van der Waals surface area contributed by atoms with E-state index in [0.717, 1.165) is 12.0 Å². The van der Waals surface area contributed by atoms with E-state index in [-0.39, 0.29) is 24.0 Å². The summed E-state index contributed by atoms with van der Waals surface area (Å²) >= 11 is 0. The maximum Gasteiger partial charge on any atom is 0.223 e. The van der Waals surface area contributed by atoms with Gasteiger partial charge in [-0.05, 0) is 31.9 Å². The minimum absolute atomic E-state index is 0.000648. The lowest BCUT2D eigenvalue weighted by molar-refractivity contribution is -0.139. The molecule has 2 unspecified atom stereocenters. The lowest BCUT2D eigenvalue weighted by Gasteiger charge is -2.42. The van der Waals surface area contributed by atoms with Crippen molar-refractivity contribution in [3.8, 4) is 0 Å². The minimum atomic E-state index is -0.0371. The second kappa shape index (κ2) is 4.84. The number of nitrogens with zero attached hydrogens (tertiary/aromatic N) is 2. The van der Waals surface area contributed by atoms with E-state index >= 15 is 0 Å². The number of carbonyl (C=O) groups is 1. The first kappa shape index (κ1) is 12.0. The highest BCUT2D eigenvalue weighted by Crippen LogP contribution is 2.31. The summed E-state index contributed by atoms with van der Waals surface area (Å²) in [4.78, 5) is 18.0. The highest BCUT2D eigenvalue weighted by molar-refractivity contribution is 5.78. The summed E-state index contributed by atoms with van der Waals surface area (Å²) in [5, 5.41) is 0. The predicted molar refractivity (Wildman–Crippen MR) is 66.2 cm³/mol. The quantitative estimate of drug-likeness (QED) is 0.841. The van der Waals surface area contributed by atoms with Crippen molar-refractivity contribution >= 4 is 5.91 Å². The van der Waals surface area contributed by atoms with Crippen LogP contribution in [0.5, 0.6) is 0 Å². The number of hydrogen-bond acceptors (Lipinski definition) is 3. The van der Waals surface area contributed by atoms with Crippen LogP contribution in [0.4, 0.5) is 0 Å². The molecule has 1 aromatic rings. The van der Waals surface area contributed by atoms with Gasteiger partial charge in [0.25, 0.3) is 0 Å². The van der Waals surface area contributed by atoms with Crippen LogP contribution in [0.2, 0.25) is 0 Å². The summed E-state index contributed by atoms with van der Waals surface area (Å²) in [7, 11) is 0. The van der Waals surface area contributed by atoms with Crippen LogP contribution in [-0.2, 0) is 4.79 Å². The third kappa shape index (κ3) is 2.31. The lowest BCUT2D eigenvalue weighted by Crippen LogP contribution is -2.51. The smallest absolute Gasteiger partial charge is 0.223 e. The average molecular weight is 233 g/mol. The molecule has 1 aromatic heterocycles. The molecule has 0 bridgehead atoms. The fourth-order valence-electron chi connectivity index (χ4n) is 2.51. The Morgan fingerprint density at radius 3 is 2.88 bits per heavy atom. The Morgan fingerprint density at radius 2 is 2.29 bits per heavy atom. The molecule has 2 rings (SSSR count). The zero-order valence-corrected chi connectivity index (χ0v) is 10.3. The molecule has 2 N–H and O–H groups in total. The number of rotatable bonds is 2. The Labute approximate surface area is 102 Å². The van der Waals surface area contributed by atoms with Crippen molar-refractivity contribution in [3.05, 3.63) is 30.1 Å². The van der Waals surface area contributed by atoms with Crippen LogP contribution in [-0.4, -0.2) is 27.9 Å². The van der Waals surface area contributed by atoms with Gasteiger partial charge in [-0.25, -0.2) is 0 Å². The Hall–Kier alpha value is -1.42. The lowest BCUT2D eigenvalue weighted by atomic mass is 9.90. The molecule has 92 valence electrons. The molecule has 0 aromatic carbocycles. The van der Waals surface area contributed by atoms with E-state index in [1.165, 1.54) is 0 Å². The second-order valence-corrected chi connectivity index (χ2v) is 4.83. The van der Waals surface area contributed by atoms with E-state index in [1.54, 1.807) is 12.4 Å². The minimum Gasteiger partial charge on any atom is -0.332 e. The number of piperidine rings is 1. The average Bonchev–Trinajstić information content (AvgIpc) is 2.32. The Morgan fingerprint density at radius 1 is 1.53 bits per heavy atom. The molecule has 2 heterocycles. The number of carbonyl (C=O) groups excluding carboxylic acids is 1. The van der Waals surface area contributed by atoms with Crippen LogP contribution in [0, 0.1) is 0 Å². The van der Waals surface area contributed by atoms with Crippen LogP contribution in [0.3, 0.4) is 0 Å². The van der Waals surface area contributed by atoms with Crippen molar-refractivity contribution in [2.75, 3.05) is 0 Å². The van der Waals surface area contributed by atoms with Gasteiger partial charge in [-0.1, -0.05) is 6.07 Å². The molecule has 1 aliphatic heterocycles. The van der Waals surface area contributed by atoms with Crippen molar-refractivity contribution in [2.45, 2.75) is 44.8 Å². The fourth-order valence-corrected chi connectivity index (χ4v) is 2.51. The number of hydrogen-bond donors (Lipinski definition) is 1. The molecule has 0 spiro atoms. The normalized spacial score (nSPS) is 25.4. The Kier molecular flexibility index (Phi) is 3.43. The van der Waals surface area contributed by atoms with Crippen molar-refractivity contribution in [1.29, 1.82) is 0 Å². The summed E-state index contributed by atoms with van der Waals surface area (Å²) in [5.74, 6) is 0.190. The Balaban J connectivity index is 2.36. The number of pyridine rings is 1. The second-order valence-electron chi connectivity index (χ2n) is 4.83. The van der Waals surface area contributed by atoms with Crippen LogP contribution in [0.15, 0.2) is 24.5 Å². The summed E-state index contributed by atoms with van der Waals surface area (Å²) in [6, 6.07) is 4.01. The number of amides is 1. The zero-order chi connectivity index (χ0) is 12.4. The van der Waals surface area contributed by atoms with E-state index in [1.807, 2.05) is 30.9 Å². The third-order valence-electron chi connectivity index (χ3n) is 3.27. The van der Waals surface area contributed by atoms with Gasteiger partial charge in [0.15, 0.2) is 0 Å². The highest BCUT2D eigenvalue weighted by atomic mass is 16.2. The van der Waals surface area contributed by atoms with Gasteiger partial charge in [-0.2, -0.15) is 0 Å². The molecule has 0 aliphatic carbocycles. The molecule has 1 aliphatic rings. The first-order valence-electron chi connectivity index (χ1n) is 6.08. The summed E-state index contributed by atoms with van der Waals surface area (Å²) in [6.07, 6.45) is 4.84. The van der Waals surface area contributed by atoms with Gasteiger partial charge in [-0.15, -0.1) is 0 Å². The summed E-state index contributed by atoms with van der Waals surface area (Å²) in [5.41, 5.74) is 7.21. The van der Waals surface area contributed by atoms with Crippen LogP contribution >= 0.6 is 0 Å². The van der Waals surface area contributed by atoms with Crippen LogP contribution in [0.1, 0.15) is 38.3 Å². The number of nitrogens with two attached hydrogens (primary N) is 1. The van der Waals surface area contributed by atoms with Crippen molar-refractivity contribution in [2.24, 2.45) is 5.73 Å². The largest absolute Gasteiger partial charge is 0.332 e. The van der Waals surface area contributed by atoms with Gasteiger partial charge in [0.1, 0.15) is 0 Å². The topological polar surface area (TPSA) is 59.2 Å². The molecule has 2 atom stereocenters. The van der Waals surface area contributed by atoms with Gasteiger partial charge in [-0.3, -0.25) is 9.78 Å². The van der Waals surface area contributed by atoms with Gasteiger partial charge in [0, 0.05) is 30.9 Å². The van der Waals surface area contributed by atoms with E-state index in [4.69, 9.17) is 5.73 Å². The van der Waals surface area contributed by atoms with Gasteiger partial charge in [0.05, 0.1) is 6.04 Å². The van der Waals surface area contributed by atoms with Crippen molar-refractivity contribution in [3.63, 3.8) is 0 Å². The first-order valence-corrected chi connectivity index (χ1v) is 6.08. The third-order valence-corrected chi connectivity index (χ3v) is 3.27. The molecule has 0 saturated carbocycles. The van der Waals surface area contributed by atoms with E-state index in [0.29, 0.717) is 6.42 Å². The first-order chi connectivity index (χ1) is 8.11. The zero-order valence-electron chi connectivity index (χ0n) is 10.3. The summed E-state index contributed by atoms with van der Waals surface area (Å²) < 4.78 is 0. The standard InChI is InChI=1S/C13H19N3O/c1-9(2)16-12(17)6-5-11(14)13(16)10-4-3-7-15-8-10/h3-4,7-9,11,13H,5-6,14H2,1-2H3. The molecule has 4 heteroatoms. The SMILES string of the molecule is CC(C)N1C(=O)CCC(N)C1c1cccnc1. The molecule has 1 fully saturated rings. The van der Waals surface area contributed by atoms with Gasteiger partial charge in [0.2, 0.25) is 5.91 Å². The molecule has 1 saturated heterocycles. The predicted octanol–water partition coefficient (Wildman–Crippen LogP) is 1.48. The highest BCUT2D eigenvalue weighted by Gasteiger charge is 2.36. The molecular weight excluding hydrogens is 214 g/mol. The molecule has 4 nitrogen and oxygen atoms in total. The maximum absolute atomic E-state index is 12.0. The fraction of sp³-hybridized carbons (Fsp3) is 0.538. The number of likely N-dealkylation sites (tertiary alicyclic amines) is 1. The Bertz CT molecular complexity index is 391. The number of aromatic nitrogens is 1. The molecule has 0 radical (unpaired) electrons. The van der Waals surface area contributed by atoms with E-state index < -0.39 is 0 Å². The molecular formula is C13H19N3O. The molecule has 17 heavy (non-hydrogen) atoms. The van der Waals surface area contributed by atoms with Crippen molar-refractivity contribution < 1.29 is 4.79 Å². The van der Waals surface area contributed by atoms with Gasteiger partial charge < -0.3 is 10.6 Å². The molecule has 1 amide bonds. The van der Waals surface area contributed by atoms with Gasteiger partial charge >= 0.3 is 0 Å². The summed E-state index contributed by atoms with van der Waals surface area (Å²) in [6.45, 7) is 4.05.